The van der Waals surface area contributed by atoms with Crippen molar-refractivity contribution in [2.75, 3.05) is 24.8 Å². The molecule has 2 aliphatic rings. The number of hydrogen-bond acceptors (Lipinski definition) is 4. The van der Waals surface area contributed by atoms with Crippen LogP contribution in [-0.4, -0.2) is 31.9 Å². The Morgan fingerprint density at radius 2 is 1.89 bits per heavy atom. The average molecular weight is 398 g/mol. The molecule has 1 amide bonds. The SMILES string of the molecule is COc1ccc([C@H]2CC(=O)N(c3cccc(SC)c3)C2)cc1OC1CCCC1. The fourth-order valence-electron chi connectivity index (χ4n) is 4.18. The quantitative estimate of drug-likeness (QED) is 0.623. The van der Waals surface area contributed by atoms with Crippen LogP contribution in [0.3, 0.4) is 0 Å². The zero-order valence-electron chi connectivity index (χ0n) is 16.5. The van der Waals surface area contributed by atoms with E-state index in [1.54, 1.807) is 18.9 Å². The molecule has 2 aromatic rings. The first-order valence-corrected chi connectivity index (χ1v) is 11.2. The van der Waals surface area contributed by atoms with Crippen LogP contribution in [0.15, 0.2) is 47.4 Å². The molecule has 0 N–H and O–H groups in total. The van der Waals surface area contributed by atoms with Gasteiger partial charge < -0.3 is 14.4 Å². The Balaban J connectivity index is 1.54. The number of amides is 1. The van der Waals surface area contributed by atoms with Gasteiger partial charge in [0.1, 0.15) is 0 Å². The van der Waals surface area contributed by atoms with Crippen molar-refractivity contribution in [3.63, 3.8) is 0 Å². The zero-order valence-corrected chi connectivity index (χ0v) is 17.3. The van der Waals surface area contributed by atoms with Crippen molar-refractivity contribution in [3.8, 4) is 11.5 Å². The van der Waals surface area contributed by atoms with E-state index in [1.807, 2.05) is 23.1 Å². The molecular weight excluding hydrogens is 370 g/mol. The number of hydrogen-bond donors (Lipinski definition) is 0. The highest BCUT2D eigenvalue weighted by atomic mass is 32.2. The number of benzene rings is 2. The van der Waals surface area contributed by atoms with E-state index in [0.717, 1.165) is 35.6 Å². The lowest BCUT2D eigenvalue weighted by molar-refractivity contribution is -0.117. The maximum Gasteiger partial charge on any atom is 0.227 e. The van der Waals surface area contributed by atoms with E-state index in [-0.39, 0.29) is 17.9 Å². The van der Waals surface area contributed by atoms with E-state index in [0.29, 0.717) is 13.0 Å². The van der Waals surface area contributed by atoms with Crippen molar-refractivity contribution in [2.24, 2.45) is 0 Å². The van der Waals surface area contributed by atoms with Crippen molar-refractivity contribution >= 4 is 23.4 Å². The molecule has 1 saturated heterocycles. The zero-order chi connectivity index (χ0) is 19.5. The standard InChI is InChI=1S/C23H27NO3S/c1-26-21-11-10-16(12-22(21)27-19-7-3-4-8-19)17-13-23(25)24(15-17)18-6-5-9-20(14-18)28-2/h5-6,9-12,14,17,19H,3-4,7-8,13,15H2,1-2H3/t17-/m0/s1. The molecule has 0 aromatic heterocycles. The maximum atomic E-state index is 12.7. The fourth-order valence-corrected chi connectivity index (χ4v) is 4.64. The summed E-state index contributed by atoms with van der Waals surface area (Å²) in [5.74, 6) is 1.92. The van der Waals surface area contributed by atoms with Gasteiger partial charge in [0.05, 0.1) is 13.2 Å². The summed E-state index contributed by atoms with van der Waals surface area (Å²) < 4.78 is 11.7. The molecule has 0 bridgehead atoms. The Morgan fingerprint density at radius 1 is 1.07 bits per heavy atom. The van der Waals surface area contributed by atoms with E-state index >= 15 is 0 Å². The average Bonchev–Trinajstić information content (AvgIpc) is 3.37. The predicted molar refractivity (Wildman–Crippen MR) is 114 cm³/mol. The molecule has 1 aliphatic carbocycles. The lowest BCUT2D eigenvalue weighted by Gasteiger charge is -2.19. The van der Waals surface area contributed by atoms with Crippen molar-refractivity contribution in [1.29, 1.82) is 0 Å². The minimum Gasteiger partial charge on any atom is -0.493 e. The maximum absolute atomic E-state index is 12.7. The molecule has 0 radical (unpaired) electrons. The van der Waals surface area contributed by atoms with Crippen LogP contribution in [0.25, 0.3) is 0 Å². The third-order valence-electron chi connectivity index (χ3n) is 5.74. The molecule has 1 atom stereocenters. The Bertz CT molecular complexity index is 847. The third-order valence-corrected chi connectivity index (χ3v) is 6.47. The minimum atomic E-state index is 0.169. The molecule has 4 nitrogen and oxygen atoms in total. The molecule has 1 saturated carbocycles. The molecule has 148 valence electrons. The van der Waals surface area contributed by atoms with Gasteiger partial charge in [-0.15, -0.1) is 11.8 Å². The topological polar surface area (TPSA) is 38.8 Å². The van der Waals surface area contributed by atoms with E-state index in [2.05, 4.69) is 30.5 Å². The number of thioether (sulfide) groups is 1. The molecular formula is C23H27NO3S. The number of anilines is 1. The number of methoxy groups -OCH3 is 1. The first kappa shape index (κ1) is 19.2. The summed E-state index contributed by atoms with van der Waals surface area (Å²) in [5.41, 5.74) is 2.13. The monoisotopic (exact) mass is 397 g/mol. The Morgan fingerprint density at radius 3 is 2.64 bits per heavy atom. The van der Waals surface area contributed by atoms with E-state index in [4.69, 9.17) is 9.47 Å². The first-order chi connectivity index (χ1) is 13.7. The highest BCUT2D eigenvalue weighted by Crippen LogP contribution is 2.38. The van der Waals surface area contributed by atoms with Gasteiger partial charge in [-0.05, 0) is 67.8 Å². The van der Waals surface area contributed by atoms with Gasteiger partial charge >= 0.3 is 0 Å². The van der Waals surface area contributed by atoms with Gasteiger partial charge in [0.2, 0.25) is 5.91 Å². The minimum absolute atomic E-state index is 0.169. The van der Waals surface area contributed by atoms with Crippen LogP contribution in [0.4, 0.5) is 5.69 Å². The molecule has 1 aliphatic heterocycles. The summed E-state index contributed by atoms with van der Waals surface area (Å²) in [5, 5.41) is 0. The summed E-state index contributed by atoms with van der Waals surface area (Å²) in [4.78, 5) is 15.8. The van der Waals surface area contributed by atoms with Gasteiger partial charge in [-0.25, -0.2) is 0 Å². The van der Waals surface area contributed by atoms with Crippen molar-refractivity contribution < 1.29 is 14.3 Å². The van der Waals surface area contributed by atoms with Gasteiger partial charge in [0.25, 0.3) is 0 Å². The normalized spacial score (nSPS) is 20.0. The number of ether oxygens (including phenoxy) is 2. The molecule has 5 heteroatoms. The van der Waals surface area contributed by atoms with Crippen molar-refractivity contribution in [2.45, 2.75) is 49.0 Å². The summed E-state index contributed by atoms with van der Waals surface area (Å²) >= 11 is 1.69. The Labute approximate surface area is 171 Å². The summed E-state index contributed by atoms with van der Waals surface area (Å²) in [6.45, 7) is 0.700. The molecule has 1 heterocycles. The largest absolute Gasteiger partial charge is 0.493 e. The van der Waals surface area contributed by atoms with Crippen molar-refractivity contribution in [1.82, 2.24) is 0 Å². The third kappa shape index (κ3) is 4.00. The van der Waals surface area contributed by atoms with Crippen molar-refractivity contribution in [3.05, 3.63) is 48.0 Å². The van der Waals surface area contributed by atoms with Gasteiger partial charge in [-0.3, -0.25) is 4.79 Å². The second kappa shape index (κ2) is 8.48. The summed E-state index contributed by atoms with van der Waals surface area (Å²) in [7, 11) is 1.68. The van der Waals surface area contributed by atoms with Crippen LogP contribution in [0.1, 0.15) is 43.6 Å². The Hall–Kier alpha value is -2.14. The van der Waals surface area contributed by atoms with Crippen LogP contribution < -0.4 is 14.4 Å². The fraction of sp³-hybridized carbons (Fsp3) is 0.435. The van der Waals surface area contributed by atoms with Gasteiger partial charge in [0.15, 0.2) is 11.5 Å². The van der Waals surface area contributed by atoms with Crippen LogP contribution in [0.2, 0.25) is 0 Å². The molecule has 2 fully saturated rings. The number of nitrogens with zero attached hydrogens (tertiary/aromatic N) is 1. The van der Waals surface area contributed by atoms with Crippen LogP contribution in [0, 0.1) is 0 Å². The summed E-state index contributed by atoms with van der Waals surface area (Å²) in [6.07, 6.45) is 7.53. The van der Waals surface area contributed by atoms with Gasteiger partial charge in [-0.2, -0.15) is 0 Å². The van der Waals surface area contributed by atoms with Crippen LogP contribution in [-0.2, 0) is 4.79 Å². The van der Waals surface area contributed by atoms with Crippen LogP contribution in [0.5, 0.6) is 11.5 Å². The smallest absolute Gasteiger partial charge is 0.227 e. The molecule has 0 unspecified atom stereocenters. The highest BCUT2D eigenvalue weighted by molar-refractivity contribution is 7.98. The molecule has 2 aromatic carbocycles. The second-order valence-electron chi connectivity index (χ2n) is 7.54. The van der Waals surface area contributed by atoms with Gasteiger partial charge in [0, 0.05) is 29.5 Å². The second-order valence-corrected chi connectivity index (χ2v) is 8.42. The number of carbonyl (C=O) groups excluding carboxylic acids is 1. The van der Waals surface area contributed by atoms with E-state index in [1.165, 1.54) is 17.7 Å². The lowest BCUT2D eigenvalue weighted by Crippen LogP contribution is -2.24. The molecule has 0 spiro atoms. The lowest BCUT2D eigenvalue weighted by atomic mass is 9.98. The first-order valence-electron chi connectivity index (χ1n) is 9.97. The van der Waals surface area contributed by atoms with E-state index < -0.39 is 0 Å². The van der Waals surface area contributed by atoms with Gasteiger partial charge in [-0.1, -0.05) is 12.1 Å². The predicted octanol–water partition coefficient (Wildman–Crippen LogP) is 5.26. The van der Waals surface area contributed by atoms with Crippen LogP contribution >= 0.6 is 11.8 Å². The van der Waals surface area contributed by atoms with E-state index in [9.17, 15) is 4.79 Å². The molecule has 4 rings (SSSR count). The number of carbonyl (C=O) groups is 1. The summed E-state index contributed by atoms with van der Waals surface area (Å²) in [6, 6.07) is 14.3. The highest BCUT2D eigenvalue weighted by Gasteiger charge is 2.32. The molecule has 28 heavy (non-hydrogen) atoms. The Kier molecular flexibility index (Phi) is 5.81. The number of rotatable bonds is 6.